The average molecular weight is 295 g/mol. The Kier molecular flexibility index (Phi) is 3.96. The van der Waals surface area contributed by atoms with E-state index in [0.717, 1.165) is 5.39 Å². The van der Waals surface area contributed by atoms with Gasteiger partial charge >= 0.3 is 5.97 Å². The summed E-state index contributed by atoms with van der Waals surface area (Å²) in [6, 6.07) is 7.77. The maximum atomic E-state index is 12.1. The second-order valence-electron chi connectivity index (χ2n) is 5.46. The van der Waals surface area contributed by atoms with Crippen LogP contribution in [0.5, 0.6) is 0 Å². The molecule has 0 radical (unpaired) electrons. The summed E-state index contributed by atoms with van der Waals surface area (Å²) in [5.41, 5.74) is 0.608. The third-order valence-corrected chi connectivity index (χ3v) is 4.32. The van der Waals surface area contributed by atoms with Crippen molar-refractivity contribution in [3.63, 3.8) is 0 Å². The zero-order chi connectivity index (χ0) is 14.9. The number of carboxylic acid groups (broad SMARTS) is 1. The first-order chi connectivity index (χ1) is 9.29. The number of rotatable bonds is 4. The highest BCUT2D eigenvalue weighted by atomic mass is 32.2. The van der Waals surface area contributed by atoms with E-state index in [9.17, 15) is 14.1 Å². The summed E-state index contributed by atoms with van der Waals surface area (Å²) < 4.78 is 19.6. The Labute approximate surface area is 119 Å². The Bertz CT molecular complexity index is 623. The van der Waals surface area contributed by atoms with Crippen LogP contribution in [-0.2, 0) is 15.8 Å². The van der Waals surface area contributed by atoms with Crippen molar-refractivity contribution < 1.29 is 18.5 Å². The van der Waals surface area contributed by atoms with Gasteiger partial charge in [-0.1, -0.05) is 18.2 Å². The van der Waals surface area contributed by atoms with Crippen molar-refractivity contribution in [2.75, 3.05) is 0 Å². The number of aliphatic carboxylic acids is 1. The normalized spacial score (nSPS) is 15.2. The van der Waals surface area contributed by atoms with Crippen LogP contribution in [0.25, 0.3) is 11.0 Å². The van der Waals surface area contributed by atoms with Crippen LogP contribution in [0.3, 0.4) is 0 Å². The monoisotopic (exact) mass is 295 g/mol. The molecule has 108 valence electrons. The van der Waals surface area contributed by atoms with Gasteiger partial charge in [0.2, 0.25) is 0 Å². The minimum atomic E-state index is -1.50. The third-order valence-electron chi connectivity index (χ3n) is 2.76. The van der Waals surface area contributed by atoms with Gasteiger partial charge in [-0.3, -0.25) is 0 Å². The van der Waals surface area contributed by atoms with Crippen LogP contribution in [0.2, 0.25) is 0 Å². The van der Waals surface area contributed by atoms with Gasteiger partial charge in [-0.05, 0) is 32.9 Å². The molecule has 0 aliphatic carbocycles. The number of hydrogen-bond acceptors (Lipinski definition) is 3. The second kappa shape index (κ2) is 5.38. The summed E-state index contributed by atoms with van der Waals surface area (Å²) >= 11 is 0. The van der Waals surface area contributed by atoms with Crippen molar-refractivity contribution in [2.45, 2.75) is 31.6 Å². The fourth-order valence-corrected chi connectivity index (χ4v) is 2.44. The molecule has 0 saturated carbocycles. The summed E-state index contributed by atoms with van der Waals surface area (Å²) in [4.78, 5) is 11.4. The quantitative estimate of drug-likeness (QED) is 0.908. The number of nitrogens with one attached hydrogen (secondary N) is 1. The van der Waals surface area contributed by atoms with Crippen molar-refractivity contribution in [3.8, 4) is 0 Å². The van der Waals surface area contributed by atoms with Gasteiger partial charge in [0.05, 0.1) is 15.7 Å². The molecule has 1 aromatic carbocycles. The van der Waals surface area contributed by atoms with Crippen LogP contribution < -0.4 is 4.72 Å². The van der Waals surface area contributed by atoms with Crippen LogP contribution in [-0.4, -0.2) is 20.0 Å². The summed E-state index contributed by atoms with van der Waals surface area (Å²) in [5.74, 6) is -0.877. The second-order valence-corrected chi connectivity index (χ2v) is 7.45. The van der Waals surface area contributed by atoms with Gasteiger partial charge in [0.15, 0.2) is 6.04 Å². The lowest BCUT2D eigenvalue weighted by molar-refractivity contribution is -0.139. The highest BCUT2D eigenvalue weighted by Crippen LogP contribution is 2.25. The van der Waals surface area contributed by atoms with Crippen molar-refractivity contribution in [3.05, 3.63) is 36.1 Å². The summed E-state index contributed by atoms with van der Waals surface area (Å²) in [6.07, 6.45) is 0. The molecular formula is C14H17NO4S. The number of para-hydroxylation sites is 1. The first-order valence-corrected chi connectivity index (χ1v) is 7.33. The Hall–Kier alpha value is -1.66. The van der Waals surface area contributed by atoms with Gasteiger partial charge in [0.1, 0.15) is 11.3 Å². The van der Waals surface area contributed by atoms with E-state index in [-0.39, 0.29) is 5.76 Å². The number of hydrogen-bond donors (Lipinski definition) is 2. The number of fused-ring (bicyclic) bond motifs is 1. The maximum Gasteiger partial charge on any atom is 0.329 e. The molecule has 0 unspecified atom stereocenters. The molecule has 0 bridgehead atoms. The van der Waals surface area contributed by atoms with Gasteiger partial charge in [0, 0.05) is 5.39 Å². The van der Waals surface area contributed by atoms with E-state index in [1.54, 1.807) is 32.9 Å². The average Bonchev–Trinajstić information content (AvgIpc) is 2.77. The molecule has 20 heavy (non-hydrogen) atoms. The molecule has 5 nitrogen and oxygen atoms in total. The number of benzene rings is 1. The Morgan fingerprint density at radius 3 is 2.55 bits per heavy atom. The van der Waals surface area contributed by atoms with E-state index in [1.165, 1.54) is 0 Å². The maximum absolute atomic E-state index is 12.1. The Morgan fingerprint density at radius 1 is 1.35 bits per heavy atom. The van der Waals surface area contributed by atoms with E-state index in [1.807, 2.05) is 18.2 Å². The summed E-state index contributed by atoms with van der Waals surface area (Å²) in [5, 5.41) is 10.1. The van der Waals surface area contributed by atoms with Crippen molar-refractivity contribution in [1.29, 1.82) is 0 Å². The predicted molar refractivity (Wildman–Crippen MR) is 77.6 cm³/mol. The Balaban J connectivity index is 2.33. The highest BCUT2D eigenvalue weighted by Gasteiger charge is 2.30. The molecule has 2 rings (SSSR count). The lowest BCUT2D eigenvalue weighted by Gasteiger charge is -2.20. The van der Waals surface area contributed by atoms with E-state index in [4.69, 9.17) is 4.42 Å². The van der Waals surface area contributed by atoms with Gasteiger partial charge in [0.25, 0.3) is 0 Å². The van der Waals surface area contributed by atoms with Crippen LogP contribution in [0.1, 0.15) is 32.6 Å². The number of carbonyl (C=O) groups is 1. The smallest absolute Gasteiger partial charge is 0.329 e. The first kappa shape index (κ1) is 14.7. The molecule has 0 amide bonds. The van der Waals surface area contributed by atoms with Crippen LogP contribution >= 0.6 is 0 Å². The van der Waals surface area contributed by atoms with Gasteiger partial charge in [-0.2, -0.15) is 0 Å². The zero-order valence-corrected chi connectivity index (χ0v) is 12.4. The first-order valence-electron chi connectivity index (χ1n) is 6.18. The molecule has 1 aromatic heterocycles. The summed E-state index contributed by atoms with van der Waals surface area (Å²) in [6.45, 7) is 5.31. The van der Waals surface area contributed by atoms with E-state index >= 15 is 0 Å². The molecule has 0 aliphatic rings. The molecule has 2 N–H and O–H groups in total. The SMILES string of the molecule is CC(C)(C)[S@@](=O)N[C@@H](C(=O)O)c1cc2ccccc2o1. The van der Waals surface area contributed by atoms with Gasteiger partial charge in [-0.15, -0.1) is 0 Å². The predicted octanol–water partition coefficient (Wildman–Crippen LogP) is 2.61. The lowest BCUT2D eigenvalue weighted by atomic mass is 10.2. The van der Waals surface area contributed by atoms with Gasteiger partial charge in [-0.25, -0.2) is 13.7 Å². The third kappa shape index (κ3) is 3.08. The molecule has 2 aromatic rings. The zero-order valence-electron chi connectivity index (χ0n) is 11.5. The molecule has 0 spiro atoms. The largest absolute Gasteiger partial charge is 0.480 e. The van der Waals surface area contributed by atoms with Crippen molar-refractivity contribution >= 4 is 27.9 Å². The molecular weight excluding hydrogens is 278 g/mol. The van der Waals surface area contributed by atoms with E-state index in [0.29, 0.717) is 5.58 Å². The fraction of sp³-hybridized carbons (Fsp3) is 0.357. The minimum Gasteiger partial charge on any atom is -0.480 e. The molecule has 0 aliphatic heterocycles. The molecule has 2 atom stereocenters. The lowest BCUT2D eigenvalue weighted by Crippen LogP contribution is -2.38. The fourth-order valence-electron chi connectivity index (χ4n) is 1.66. The minimum absolute atomic E-state index is 0.247. The van der Waals surface area contributed by atoms with Crippen molar-refractivity contribution in [2.24, 2.45) is 0 Å². The van der Waals surface area contributed by atoms with Crippen LogP contribution in [0.15, 0.2) is 34.7 Å². The molecule has 0 fully saturated rings. The number of furan rings is 1. The topological polar surface area (TPSA) is 79.5 Å². The van der Waals surface area contributed by atoms with Crippen LogP contribution in [0, 0.1) is 0 Å². The van der Waals surface area contributed by atoms with Gasteiger partial charge < -0.3 is 9.52 Å². The molecule has 1 heterocycles. The highest BCUT2D eigenvalue weighted by molar-refractivity contribution is 7.84. The van der Waals surface area contributed by atoms with Crippen molar-refractivity contribution in [1.82, 2.24) is 4.72 Å². The standard InChI is InChI=1S/C14H17NO4S/c1-14(2,3)20(18)15-12(13(16)17)11-8-9-6-4-5-7-10(9)19-11/h4-8,12,15H,1-3H3,(H,16,17)/t12-,20-/m1/s1. The Morgan fingerprint density at radius 2 is 2.00 bits per heavy atom. The molecule has 6 heteroatoms. The summed E-state index contributed by atoms with van der Waals surface area (Å²) in [7, 11) is -1.50. The van der Waals surface area contributed by atoms with E-state index < -0.39 is 27.7 Å². The number of carboxylic acids is 1. The van der Waals surface area contributed by atoms with E-state index in [2.05, 4.69) is 4.72 Å². The van der Waals surface area contributed by atoms with Crippen LogP contribution in [0.4, 0.5) is 0 Å². The molecule has 0 saturated heterocycles.